The summed E-state index contributed by atoms with van der Waals surface area (Å²) in [5, 5.41) is 21.4. The molecular weight excluding hydrogens is 820 g/mol. The van der Waals surface area contributed by atoms with E-state index in [0.717, 1.165) is 10.9 Å². The van der Waals surface area contributed by atoms with Crippen molar-refractivity contribution in [2.45, 2.75) is 184 Å². The summed E-state index contributed by atoms with van der Waals surface area (Å²) in [5.41, 5.74) is -5.60. The highest BCUT2D eigenvalue weighted by atomic mass is 32.2. The fourth-order valence-corrected chi connectivity index (χ4v) is 43.5. The largest absolute Gasteiger partial charge is 0.500 e. The molecule has 13 nitrogen and oxygen atoms in total. The van der Waals surface area contributed by atoms with E-state index in [1.807, 2.05) is 27.7 Å². The second-order valence-electron chi connectivity index (χ2n) is 17.5. The monoisotopic (exact) mass is 885 g/mol. The first kappa shape index (κ1) is 49.1. The fraction of sp³-hybridized carbons (Fsp3) is 0.857. The number of rotatable bonds is 19. The Morgan fingerprint density at radius 3 is 1.71 bits per heavy atom. The van der Waals surface area contributed by atoms with Gasteiger partial charge in [-0.15, -0.1) is 0 Å². The lowest BCUT2D eigenvalue weighted by Gasteiger charge is -2.47. The number of halogens is 3. The standard InChI is InChI=1S/C35H66F3N5O8SSi4/c1-20(2)53(21(3)4)55(24(9)10,25(11)12)50-47-17-28-30(49-51-56(26(13)14,27(15)16)54(22(5)6)23(7)8)34(44,52(45,46)35(36,37)38)33(48-28)43-19-42-32-29(31(43)39)40-18-41-32/h18-28,30,33,39,44H,17H2,1-16H3,(H,40,41)/t28-,30-,33?,34-/m1/s1. The number of sulfone groups is 1. The van der Waals surface area contributed by atoms with Gasteiger partial charge in [0.1, 0.15) is 24.6 Å². The van der Waals surface area contributed by atoms with Crippen molar-refractivity contribution in [3.05, 3.63) is 18.1 Å². The summed E-state index contributed by atoms with van der Waals surface area (Å²) in [5.74, 6) is 0. The first-order valence-corrected chi connectivity index (χ1v) is 30.5. The lowest BCUT2D eigenvalue weighted by Crippen LogP contribution is -2.64. The van der Waals surface area contributed by atoms with E-state index in [0.29, 0.717) is 11.1 Å². The van der Waals surface area contributed by atoms with Crippen LogP contribution in [-0.2, 0) is 33.5 Å². The van der Waals surface area contributed by atoms with Gasteiger partial charge in [0.15, 0.2) is 23.5 Å². The highest BCUT2D eigenvalue weighted by molar-refractivity contribution is 7.93. The molecular formula is C35H66F3N5O8SSi4. The van der Waals surface area contributed by atoms with Crippen LogP contribution in [0, 0.1) is 5.41 Å². The number of ether oxygens (including phenoxy) is 1. The minimum atomic E-state index is -6.58. The number of hydrogen-bond acceptors (Lipinski definition) is 11. The highest BCUT2D eigenvalue weighted by Gasteiger charge is 2.74. The molecule has 1 aliphatic heterocycles. The molecule has 1 aliphatic rings. The molecule has 0 aromatic carbocycles. The molecule has 21 heteroatoms. The van der Waals surface area contributed by atoms with Crippen molar-refractivity contribution in [3.8, 4) is 0 Å². The maximum Gasteiger partial charge on any atom is 0.500 e. The number of nitrogens with zero attached hydrogens (tertiary/aromatic N) is 3. The topological polar surface area (TPSA) is 171 Å². The SMILES string of the molecule is CC(C)[Si](C(C)C)[Si](OOC[C@H]1OC(n2cnc3nc[nH]c3c2=N)[C@](O)(S(=O)(=O)C(F)(F)F)[C@@H]1OO[Si](C(C)C)(C(C)C)[Si](C(C)C)C(C)C)(C(C)C)C(C)C. The number of aliphatic hydroxyl groups is 1. The molecule has 0 bridgehead atoms. The summed E-state index contributed by atoms with van der Waals surface area (Å²) in [6.45, 7) is 32.8. The van der Waals surface area contributed by atoms with Crippen molar-refractivity contribution < 1.29 is 50.4 Å². The normalized spacial score (nSPS) is 22.1. The van der Waals surface area contributed by atoms with Gasteiger partial charge in [-0.2, -0.15) is 13.2 Å². The van der Waals surface area contributed by atoms with Gasteiger partial charge in [0, 0.05) is 0 Å². The van der Waals surface area contributed by atoms with Gasteiger partial charge in [-0.05, 0) is 22.2 Å². The molecule has 0 spiro atoms. The maximum absolute atomic E-state index is 14.9. The maximum atomic E-state index is 14.9. The molecule has 2 aromatic heterocycles. The Labute approximate surface area is 336 Å². The van der Waals surface area contributed by atoms with Crippen LogP contribution in [0.4, 0.5) is 13.2 Å². The molecule has 1 unspecified atom stereocenters. The van der Waals surface area contributed by atoms with E-state index in [-0.39, 0.29) is 44.4 Å². The Morgan fingerprint density at radius 1 is 0.857 bits per heavy atom. The van der Waals surface area contributed by atoms with Crippen LogP contribution < -0.4 is 5.49 Å². The van der Waals surface area contributed by atoms with Crippen LogP contribution in [-0.4, -0.2) is 94.6 Å². The molecule has 322 valence electrons. The number of fused-ring (bicyclic) bond motifs is 1. The second-order valence-corrected chi connectivity index (χ2v) is 42.4. The number of nitrogens with one attached hydrogen (secondary N) is 2. The summed E-state index contributed by atoms with van der Waals surface area (Å²) >= 11 is 0. The summed E-state index contributed by atoms with van der Waals surface area (Å²) in [7, 11) is -15.2. The van der Waals surface area contributed by atoms with Crippen LogP contribution in [0.1, 0.15) is 117 Å². The molecule has 2 aromatic rings. The van der Waals surface area contributed by atoms with Gasteiger partial charge in [-0.3, -0.25) is 19.1 Å². The minimum absolute atomic E-state index is 0.0199. The Bertz CT molecular complexity index is 1740. The fourth-order valence-electron chi connectivity index (χ4n) is 9.39. The lowest BCUT2D eigenvalue weighted by molar-refractivity contribution is -0.300. The Kier molecular flexibility index (Phi) is 15.9. The van der Waals surface area contributed by atoms with Crippen molar-refractivity contribution >= 4 is 53.3 Å². The summed E-state index contributed by atoms with van der Waals surface area (Å²) < 4.78 is 92.6. The molecule has 4 atom stereocenters. The highest BCUT2D eigenvalue weighted by Crippen LogP contribution is 2.51. The van der Waals surface area contributed by atoms with Crippen molar-refractivity contribution in [1.82, 2.24) is 19.5 Å². The predicted octanol–water partition coefficient (Wildman–Crippen LogP) is 8.34. The van der Waals surface area contributed by atoms with E-state index in [1.54, 1.807) is 0 Å². The quantitative estimate of drug-likeness (QED) is 0.0708. The van der Waals surface area contributed by atoms with E-state index in [1.165, 1.54) is 6.33 Å². The van der Waals surface area contributed by atoms with Crippen LogP contribution in [0.25, 0.3) is 11.2 Å². The molecule has 3 N–H and O–H groups in total. The molecule has 1 saturated heterocycles. The lowest BCUT2D eigenvalue weighted by atomic mass is 10.1. The molecule has 1 fully saturated rings. The van der Waals surface area contributed by atoms with Gasteiger partial charge in [0.05, 0.1) is 23.0 Å². The molecule has 3 rings (SSSR count). The number of imidazole rings is 1. The number of H-pyrrole nitrogens is 1. The van der Waals surface area contributed by atoms with Gasteiger partial charge in [-0.1, -0.05) is 133 Å². The van der Waals surface area contributed by atoms with E-state index < -0.39 is 83.1 Å². The molecule has 3 heterocycles. The van der Waals surface area contributed by atoms with Crippen molar-refractivity contribution in [3.63, 3.8) is 0 Å². The zero-order chi connectivity index (χ0) is 43.1. The van der Waals surface area contributed by atoms with Crippen molar-refractivity contribution in [1.29, 1.82) is 5.41 Å². The third-order valence-corrected chi connectivity index (χ3v) is 47.4. The van der Waals surface area contributed by atoms with E-state index >= 15 is 0 Å². The Balaban J connectivity index is 2.33. The molecule has 0 amide bonds. The zero-order valence-corrected chi connectivity index (χ0v) is 40.7. The Hall–Kier alpha value is -1.28. The third-order valence-electron chi connectivity index (χ3n) is 11.3. The molecule has 0 saturated carbocycles. The van der Waals surface area contributed by atoms with Crippen molar-refractivity contribution in [2.24, 2.45) is 0 Å². The smallest absolute Gasteiger partial charge is 0.368 e. The second kappa shape index (κ2) is 18.1. The van der Waals surface area contributed by atoms with Crippen LogP contribution in [0.15, 0.2) is 12.7 Å². The molecule has 0 aliphatic carbocycles. The average molecular weight is 886 g/mol. The summed E-state index contributed by atoms with van der Waals surface area (Å²) in [6, 6.07) is 0. The van der Waals surface area contributed by atoms with Gasteiger partial charge in [0.2, 0.25) is 15.7 Å². The van der Waals surface area contributed by atoms with Crippen LogP contribution in [0.5, 0.6) is 0 Å². The van der Waals surface area contributed by atoms with E-state index in [2.05, 4.69) is 98.0 Å². The van der Waals surface area contributed by atoms with E-state index in [4.69, 9.17) is 29.1 Å². The number of alkyl halides is 3. The van der Waals surface area contributed by atoms with Gasteiger partial charge in [0.25, 0.3) is 14.8 Å². The first-order chi connectivity index (χ1) is 25.6. The Morgan fingerprint density at radius 2 is 1.30 bits per heavy atom. The van der Waals surface area contributed by atoms with Crippen molar-refractivity contribution in [2.75, 3.05) is 6.61 Å². The van der Waals surface area contributed by atoms with Crippen LogP contribution in [0.2, 0.25) is 44.3 Å². The summed E-state index contributed by atoms with van der Waals surface area (Å²) in [6.07, 6.45) is -4.24. The minimum Gasteiger partial charge on any atom is -0.368 e. The van der Waals surface area contributed by atoms with Gasteiger partial charge < -0.3 is 14.8 Å². The summed E-state index contributed by atoms with van der Waals surface area (Å²) in [4.78, 5) is 19.2. The van der Waals surface area contributed by atoms with Crippen LogP contribution in [0.3, 0.4) is 0 Å². The first-order valence-electron chi connectivity index (χ1n) is 19.6. The van der Waals surface area contributed by atoms with Gasteiger partial charge >= 0.3 is 5.51 Å². The average Bonchev–Trinajstić information content (AvgIpc) is 3.64. The molecule has 56 heavy (non-hydrogen) atoms. The number of hydrogen-bond donors (Lipinski definition) is 3. The number of aromatic amines is 1. The molecule has 2 radical (unpaired) electrons. The number of aromatic nitrogens is 4. The van der Waals surface area contributed by atoms with Gasteiger partial charge in [-0.25, -0.2) is 28.2 Å². The van der Waals surface area contributed by atoms with E-state index in [9.17, 15) is 26.7 Å². The third kappa shape index (κ3) is 8.51. The zero-order valence-electron chi connectivity index (χ0n) is 35.9. The van der Waals surface area contributed by atoms with Crippen LogP contribution >= 0.6 is 0 Å². The predicted molar refractivity (Wildman–Crippen MR) is 218 cm³/mol.